The number of hydrogen-bond donors (Lipinski definition) is 4. The van der Waals surface area contributed by atoms with Crippen LogP contribution in [0.25, 0.3) is 16.6 Å². The number of amides is 2. The summed E-state index contributed by atoms with van der Waals surface area (Å²) >= 11 is 0. The second-order valence-electron chi connectivity index (χ2n) is 6.41. The summed E-state index contributed by atoms with van der Waals surface area (Å²) in [5.41, 5.74) is 8.08. The van der Waals surface area contributed by atoms with Crippen LogP contribution >= 0.6 is 0 Å². The summed E-state index contributed by atoms with van der Waals surface area (Å²) < 4.78 is 5.32. The molecule has 0 aromatic carbocycles. The highest BCUT2D eigenvalue weighted by atomic mass is 16.5. The van der Waals surface area contributed by atoms with E-state index in [4.69, 9.17) is 15.9 Å². The number of anilines is 1. The van der Waals surface area contributed by atoms with Gasteiger partial charge in [-0.2, -0.15) is 0 Å². The van der Waals surface area contributed by atoms with Gasteiger partial charge < -0.3 is 21.2 Å². The summed E-state index contributed by atoms with van der Waals surface area (Å²) in [6, 6.07) is 4.99. The maximum Gasteiger partial charge on any atom is 0.320 e. The van der Waals surface area contributed by atoms with Crippen molar-refractivity contribution < 1.29 is 9.53 Å². The van der Waals surface area contributed by atoms with Gasteiger partial charge in [-0.25, -0.2) is 9.78 Å². The maximum atomic E-state index is 12.1. The molecule has 0 spiro atoms. The second kappa shape index (κ2) is 9.77. The number of rotatable bonds is 7. The minimum atomic E-state index is -0.292. The molecule has 1 fully saturated rings. The second-order valence-corrected chi connectivity index (χ2v) is 6.41. The Balaban J connectivity index is 1.54. The third-order valence-corrected chi connectivity index (χ3v) is 4.49. The predicted octanol–water partition coefficient (Wildman–Crippen LogP) is 1.42. The van der Waals surface area contributed by atoms with Gasteiger partial charge >= 0.3 is 6.03 Å². The quantitative estimate of drug-likeness (QED) is 0.423. The zero-order valence-electron chi connectivity index (χ0n) is 15.6. The van der Waals surface area contributed by atoms with Gasteiger partial charge in [0, 0.05) is 49.4 Å². The number of ether oxygens (including phenoxy) is 1. The molecule has 3 heterocycles. The van der Waals surface area contributed by atoms with E-state index in [1.54, 1.807) is 24.4 Å². The number of allylic oxidation sites excluding steroid dienone is 1. The predicted molar refractivity (Wildman–Crippen MR) is 109 cm³/mol. The molecule has 148 valence electrons. The van der Waals surface area contributed by atoms with Gasteiger partial charge in [0.05, 0.1) is 24.2 Å². The number of carbonyl (C=O) groups excluding carboxylic acids is 1. The first-order valence-electron chi connectivity index (χ1n) is 9.24. The lowest BCUT2D eigenvalue weighted by Gasteiger charge is -2.26. The van der Waals surface area contributed by atoms with Crippen LogP contribution in [-0.2, 0) is 4.74 Å². The van der Waals surface area contributed by atoms with Crippen LogP contribution in [0.15, 0.2) is 30.6 Å². The molecule has 0 aliphatic carbocycles. The van der Waals surface area contributed by atoms with Crippen molar-refractivity contribution in [2.45, 2.75) is 6.42 Å². The topological polar surface area (TPSA) is 129 Å². The molecule has 9 heteroatoms. The van der Waals surface area contributed by atoms with Gasteiger partial charge in [-0.15, -0.1) is 0 Å². The summed E-state index contributed by atoms with van der Waals surface area (Å²) in [5, 5.41) is 13.0. The number of fused-ring (bicyclic) bond motifs is 1. The minimum absolute atomic E-state index is 0.292. The molecule has 2 aromatic rings. The van der Waals surface area contributed by atoms with Crippen LogP contribution in [0, 0.1) is 5.41 Å². The van der Waals surface area contributed by atoms with E-state index in [0.29, 0.717) is 34.5 Å². The number of pyridine rings is 2. The number of urea groups is 1. The van der Waals surface area contributed by atoms with Crippen molar-refractivity contribution in [3.8, 4) is 0 Å². The van der Waals surface area contributed by atoms with Crippen LogP contribution in [0.5, 0.6) is 0 Å². The Bertz CT molecular complexity index is 862. The van der Waals surface area contributed by atoms with E-state index in [2.05, 4.69) is 25.5 Å². The number of nitrogens with one attached hydrogen (secondary N) is 3. The van der Waals surface area contributed by atoms with E-state index >= 15 is 0 Å². The van der Waals surface area contributed by atoms with Gasteiger partial charge in [-0.3, -0.25) is 15.2 Å². The van der Waals surface area contributed by atoms with Crippen molar-refractivity contribution >= 4 is 34.7 Å². The number of nitrogens with zero attached hydrogens (tertiary/aromatic N) is 3. The molecule has 5 N–H and O–H groups in total. The zero-order chi connectivity index (χ0) is 19.8. The van der Waals surface area contributed by atoms with Crippen molar-refractivity contribution in [2.75, 3.05) is 44.7 Å². The van der Waals surface area contributed by atoms with Crippen LogP contribution in [0.4, 0.5) is 10.6 Å². The Kier molecular flexibility index (Phi) is 6.88. The number of carbonyl (C=O) groups is 1. The van der Waals surface area contributed by atoms with Gasteiger partial charge in [0.1, 0.15) is 5.82 Å². The lowest BCUT2D eigenvalue weighted by molar-refractivity contribution is 0.0375. The van der Waals surface area contributed by atoms with Gasteiger partial charge in [0.25, 0.3) is 0 Å². The normalized spacial score (nSPS) is 15.4. The summed E-state index contributed by atoms with van der Waals surface area (Å²) in [5.74, 6) is 0.435. The third-order valence-electron chi connectivity index (χ3n) is 4.49. The summed E-state index contributed by atoms with van der Waals surface area (Å²) in [6.07, 6.45) is 5.03. The van der Waals surface area contributed by atoms with Crippen molar-refractivity contribution in [1.29, 1.82) is 5.41 Å². The largest absolute Gasteiger partial charge is 0.404 e. The Labute approximate surface area is 163 Å². The molecule has 1 saturated heterocycles. The Morgan fingerprint density at radius 3 is 2.89 bits per heavy atom. The highest BCUT2D eigenvalue weighted by Gasteiger charge is 2.10. The van der Waals surface area contributed by atoms with Crippen molar-refractivity contribution in [3.63, 3.8) is 0 Å². The molecule has 0 atom stereocenters. The lowest BCUT2D eigenvalue weighted by Crippen LogP contribution is -2.38. The SMILES string of the molecule is N=CC(=CN)c1cnc2ccc(NC(=O)NCCCN3CCOCC3)nc2c1. The van der Waals surface area contributed by atoms with Gasteiger partial charge in [0.2, 0.25) is 0 Å². The van der Waals surface area contributed by atoms with E-state index < -0.39 is 0 Å². The van der Waals surface area contributed by atoms with Crippen LogP contribution in [0.1, 0.15) is 12.0 Å². The van der Waals surface area contributed by atoms with Gasteiger partial charge in [0.15, 0.2) is 0 Å². The van der Waals surface area contributed by atoms with E-state index in [0.717, 1.165) is 45.5 Å². The molecular formula is C19H25N7O2. The van der Waals surface area contributed by atoms with Crippen LogP contribution < -0.4 is 16.4 Å². The fourth-order valence-corrected chi connectivity index (χ4v) is 2.95. The fourth-order valence-electron chi connectivity index (χ4n) is 2.95. The zero-order valence-corrected chi connectivity index (χ0v) is 15.6. The van der Waals surface area contributed by atoms with Crippen molar-refractivity contribution in [1.82, 2.24) is 20.2 Å². The molecule has 28 heavy (non-hydrogen) atoms. The monoisotopic (exact) mass is 383 g/mol. The molecule has 1 aliphatic rings. The molecule has 2 amide bonds. The van der Waals surface area contributed by atoms with Gasteiger partial charge in [-0.1, -0.05) is 0 Å². The third kappa shape index (κ3) is 5.24. The average molecular weight is 383 g/mol. The van der Waals surface area contributed by atoms with Crippen molar-refractivity contribution in [3.05, 3.63) is 36.2 Å². The van der Waals surface area contributed by atoms with Crippen LogP contribution in [0.3, 0.4) is 0 Å². The van der Waals surface area contributed by atoms with E-state index in [1.165, 1.54) is 6.20 Å². The summed E-state index contributed by atoms with van der Waals surface area (Å²) in [6.45, 7) is 4.98. The first kappa shape index (κ1) is 19.7. The minimum Gasteiger partial charge on any atom is -0.404 e. The number of aromatic nitrogens is 2. The van der Waals surface area contributed by atoms with Crippen LogP contribution in [0.2, 0.25) is 0 Å². The van der Waals surface area contributed by atoms with E-state index in [-0.39, 0.29) is 6.03 Å². The maximum absolute atomic E-state index is 12.1. The molecule has 1 aliphatic heterocycles. The first-order valence-corrected chi connectivity index (χ1v) is 9.24. The molecule has 0 unspecified atom stereocenters. The number of hydrogen-bond acceptors (Lipinski definition) is 7. The van der Waals surface area contributed by atoms with E-state index in [1.807, 2.05) is 0 Å². The van der Waals surface area contributed by atoms with Crippen LogP contribution in [-0.4, -0.2) is 66.5 Å². The number of nitrogens with two attached hydrogens (primary N) is 1. The molecular weight excluding hydrogens is 358 g/mol. The molecule has 3 rings (SSSR count). The Morgan fingerprint density at radius 1 is 1.32 bits per heavy atom. The summed E-state index contributed by atoms with van der Waals surface area (Å²) in [4.78, 5) is 23.2. The fraction of sp³-hybridized carbons (Fsp3) is 0.368. The molecule has 2 aromatic heterocycles. The van der Waals surface area contributed by atoms with E-state index in [9.17, 15) is 4.79 Å². The Morgan fingerprint density at radius 2 is 2.14 bits per heavy atom. The average Bonchev–Trinajstić information content (AvgIpc) is 2.73. The summed E-state index contributed by atoms with van der Waals surface area (Å²) in [7, 11) is 0. The standard InChI is InChI=1S/C19H25N7O2/c20-11-15(12-21)14-10-17-16(23-13-14)2-3-18(24-17)25-19(27)22-4-1-5-26-6-8-28-9-7-26/h2-3,10-13,20H,1,4-9,21H2,(H2,22,24,25,27). The smallest absolute Gasteiger partial charge is 0.320 e. The molecule has 0 bridgehead atoms. The lowest BCUT2D eigenvalue weighted by atomic mass is 10.1. The van der Waals surface area contributed by atoms with Gasteiger partial charge in [-0.05, 0) is 31.2 Å². The first-order chi connectivity index (χ1) is 13.7. The van der Waals surface area contributed by atoms with Crippen molar-refractivity contribution in [2.24, 2.45) is 5.73 Å². The Hall–Kier alpha value is -3.04. The number of morpholine rings is 1. The highest BCUT2D eigenvalue weighted by molar-refractivity contribution is 6.08. The highest BCUT2D eigenvalue weighted by Crippen LogP contribution is 2.18. The molecule has 0 saturated carbocycles. The molecule has 0 radical (unpaired) electrons. The molecule has 9 nitrogen and oxygen atoms in total.